The van der Waals surface area contributed by atoms with Crippen LogP contribution in [0.3, 0.4) is 0 Å². The number of urea groups is 1. The quantitative estimate of drug-likeness (QED) is 0.826. The molecule has 0 spiro atoms. The lowest BCUT2D eigenvalue weighted by molar-refractivity contribution is -0.132. The first-order valence-electron chi connectivity index (χ1n) is 11.6. The molecule has 5 rings (SSSR count). The lowest BCUT2D eigenvalue weighted by Crippen LogP contribution is -2.49. The molecule has 4 aliphatic rings. The number of nitrogens with zero attached hydrogens (tertiary/aromatic N) is 4. The smallest absolute Gasteiger partial charge is 0.320 e. The summed E-state index contributed by atoms with van der Waals surface area (Å²) in [6.07, 6.45) is 8.19. The highest BCUT2D eigenvalue weighted by molar-refractivity contribution is 5.85. The zero-order chi connectivity index (χ0) is 20.6. The third kappa shape index (κ3) is 3.74. The summed E-state index contributed by atoms with van der Waals surface area (Å²) < 4.78 is 0. The molecule has 0 bridgehead atoms. The molecule has 162 valence electrons. The molecule has 2 atom stereocenters. The van der Waals surface area contributed by atoms with Gasteiger partial charge in [-0.1, -0.05) is 6.07 Å². The highest BCUT2D eigenvalue weighted by Gasteiger charge is 2.54. The van der Waals surface area contributed by atoms with Crippen molar-refractivity contribution in [1.82, 2.24) is 20.1 Å². The van der Waals surface area contributed by atoms with Crippen LogP contribution in [0.25, 0.3) is 0 Å². The molecule has 1 saturated carbocycles. The lowest BCUT2D eigenvalue weighted by atomic mass is 9.74. The van der Waals surface area contributed by atoms with Crippen LogP contribution in [0.1, 0.15) is 38.5 Å². The third-order valence-electron chi connectivity index (χ3n) is 7.51. The topological polar surface area (TPSA) is 68.8 Å². The van der Waals surface area contributed by atoms with E-state index in [1.165, 1.54) is 12.8 Å². The molecule has 1 aromatic rings. The van der Waals surface area contributed by atoms with Crippen LogP contribution in [0.4, 0.5) is 10.6 Å². The van der Waals surface area contributed by atoms with Crippen LogP contribution in [0, 0.1) is 17.3 Å². The van der Waals surface area contributed by atoms with Crippen molar-refractivity contribution >= 4 is 17.8 Å². The Kier molecular flexibility index (Phi) is 5.29. The van der Waals surface area contributed by atoms with Crippen molar-refractivity contribution in [3.05, 3.63) is 24.4 Å². The number of anilines is 1. The summed E-state index contributed by atoms with van der Waals surface area (Å²) in [7, 11) is 0. The summed E-state index contributed by atoms with van der Waals surface area (Å²) in [5, 5.41) is 3.28. The number of amides is 3. The second-order valence-corrected chi connectivity index (χ2v) is 9.60. The fourth-order valence-electron chi connectivity index (χ4n) is 5.54. The predicted molar refractivity (Wildman–Crippen MR) is 115 cm³/mol. The van der Waals surface area contributed by atoms with Gasteiger partial charge >= 0.3 is 6.03 Å². The molecule has 3 saturated heterocycles. The van der Waals surface area contributed by atoms with E-state index in [9.17, 15) is 9.59 Å². The van der Waals surface area contributed by atoms with Gasteiger partial charge < -0.3 is 20.0 Å². The molecule has 1 aromatic heterocycles. The second kappa shape index (κ2) is 8.08. The van der Waals surface area contributed by atoms with Gasteiger partial charge in [0.1, 0.15) is 5.82 Å². The van der Waals surface area contributed by atoms with E-state index in [0.717, 1.165) is 64.2 Å². The number of aromatic nitrogens is 1. The van der Waals surface area contributed by atoms with E-state index in [0.29, 0.717) is 19.0 Å². The molecular weight excluding hydrogens is 378 g/mol. The largest absolute Gasteiger partial charge is 0.355 e. The number of carbonyl (C=O) groups excluding carboxylic acids is 2. The van der Waals surface area contributed by atoms with Gasteiger partial charge in [0.05, 0.1) is 5.41 Å². The van der Waals surface area contributed by atoms with Crippen molar-refractivity contribution in [2.24, 2.45) is 17.3 Å². The maximum atomic E-state index is 13.5. The average Bonchev–Trinajstić information content (AvgIpc) is 3.36. The minimum Gasteiger partial charge on any atom is -0.355 e. The number of hydrogen-bond donors (Lipinski definition) is 1. The molecule has 3 aliphatic heterocycles. The standard InChI is InChI=1S/C23H33N5O2/c29-21(25-14-18-7-8-18)23-9-5-13-27(22(30)26-11-3-4-12-26)15-19(23)16-28(17-23)20-6-1-2-10-24-20/h1-2,6,10,18-19H,3-5,7-9,11-17H2,(H,25,29)/t19-,23-/m0/s1. The predicted octanol–water partition coefficient (Wildman–Crippen LogP) is 2.34. The highest BCUT2D eigenvalue weighted by atomic mass is 16.2. The highest BCUT2D eigenvalue weighted by Crippen LogP contribution is 2.44. The summed E-state index contributed by atoms with van der Waals surface area (Å²) in [6, 6.07) is 6.11. The van der Waals surface area contributed by atoms with Gasteiger partial charge in [0.25, 0.3) is 0 Å². The van der Waals surface area contributed by atoms with E-state index in [1.807, 2.05) is 34.2 Å². The summed E-state index contributed by atoms with van der Waals surface area (Å²) >= 11 is 0. The fraction of sp³-hybridized carbons (Fsp3) is 0.696. The van der Waals surface area contributed by atoms with E-state index in [2.05, 4.69) is 15.2 Å². The minimum absolute atomic E-state index is 0.132. The van der Waals surface area contributed by atoms with E-state index >= 15 is 0 Å². The Morgan fingerprint density at radius 3 is 2.60 bits per heavy atom. The SMILES string of the molecule is O=C(N1CCCC1)N1CCC[C@]2(C(=O)NCC3CC3)CN(c3ccccn3)C[C@@H]2C1. The molecule has 30 heavy (non-hydrogen) atoms. The summed E-state index contributed by atoms with van der Waals surface area (Å²) in [4.78, 5) is 37.4. The molecule has 7 heteroatoms. The van der Waals surface area contributed by atoms with Gasteiger partial charge in [-0.3, -0.25) is 4.79 Å². The van der Waals surface area contributed by atoms with Gasteiger partial charge in [0.2, 0.25) is 5.91 Å². The lowest BCUT2D eigenvalue weighted by Gasteiger charge is -2.33. The molecule has 4 heterocycles. The van der Waals surface area contributed by atoms with Crippen molar-refractivity contribution in [1.29, 1.82) is 0 Å². The summed E-state index contributed by atoms with van der Waals surface area (Å²) in [5.41, 5.74) is -0.438. The maximum absolute atomic E-state index is 13.5. The number of fused-ring (bicyclic) bond motifs is 1. The van der Waals surface area contributed by atoms with Gasteiger partial charge in [0, 0.05) is 57.9 Å². The zero-order valence-corrected chi connectivity index (χ0v) is 17.8. The van der Waals surface area contributed by atoms with E-state index in [1.54, 1.807) is 0 Å². The molecule has 3 amide bonds. The molecule has 0 aromatic carbocycles. The van der Waals surface area contributed by atoms with Crippen molar-refractivity contribution in [3.63, 3.8) is 0 Å². The summed E-state index contributed by atoms with van der Waals surface area (Å²) in [5.74, 6) is 1.91. The van der Waals surface area contributed by atoms with Crippen LogP contribution >= 0.6 is 0 Å². The molecule has 0 unspecified atom stereocenters. The van der Waals surface area contributed by atoms with E-state index < -0.39 is 5.41 Å². The Labute approximate surface area is 178 Å². The molecular formula is C23H33N5O2. The number of rotatable bonds is 4. The normalized spacial score (nSPS) is 28.9. The maximum Gasteiger partial charge on any atom is 0.320 e. The Bertz CT molecular complexity index is 777. The molecule has 0 radical (unpaired) electrons. The zero-order valence-electron chi connectivity index (χ0n) is 17.8. The van der Waals surface area contributed by atoms with Gasteiger partial charge in [-0.05, 0) is 56.6 Å². The van der Waals surface area contributed by atoms with Crippen LogP contribution in [-0.2, 0) is 4.79 Å². The van der Waals surface area contributed by atoms with E-state index in [-0.39, 0.29) is 17.9 Å². The second-order valence-electron chi connectivity index (χ2n) is 9.60. The third-order valence-corrected chi connectivity index (χ3v) is 7.51. The first kappa shape index (κ1) is 19.6. The monoisotopic (exact) mass is 411 g/mol. The fourth-order valence-corrected chi connectivity index (χ4v) is 5.54. The Hall–Kier alpha value is -2.31. The Balaban J connectivity index is 1.38. The van der Waals surface area contributed by atoms with Gasteiger partial charge in [-0.15, -0.1) is 0 Å². The van der Waals surface area contributed by atoms with Crippen LogP contribution < -0.4 is 10.2 Å². The number of nitrogens with one attached hydrogen (secondary N) is 1. The van der Waals surface area contributed by atoms with Crippen molar-refractivity contribution in [2.75, 3.05) is 50.7 Å². The number of pyridine rings is 1. The molecule has 1 N–H and O–H groups in total. The van der Waals surface area contributed by atoms with Gasteiger partial charge in [0.15, 0.2) is 0 Å². The van der Waals surface area contributed by atoms with Crippen molar-refractivity contribution in [3.8, 4) is 0 Å². The van der Waals surface area contributed by atoms with Gasteiger partial charge in [-0.25, -0.2) is 9.78 Å². The Morgan fingerprint density at radius 1 is 1.07 bits per heavy atom. The molecule has 1 aliphatic carbocycles. The number of hydrogen-bond acceptors (Lipinski definition) is 4. The average molecular weight is 412 g/mol. The molecule has 4 fully saturated rings. The van der Waals surface area contributed by atoms with Crippen LogP contribution in [0.15, 0.2) is 24.4 Å². The van der Waals surface area contributed by atoms with Gasteiger partial charge in [-0.2, -0.15) is 0 Å². The number of likely N-dealkylation sites (tertiary alicyclic amines) is 2. The summed E-state index contributed by atoms with van der Waals surface area (Å²) in [6.45, 7) is 5.42. The van der Waals surface area contributed by atoms with Crippen LogP contribution in [0.5, 0.6) is 0 Å². The van der Waals surface area contributed by atoms with E-state index in [4.69, 9.17) is 0 Å². The van der Waals surface area contributed by atoms with Crippen LogP contribution in [-0.4, -0.2) is 72.5 Å². The first-order valence-corrected chi connectivity index (χ1v) is 11.6. The van der Waals surface area contributed by atoms with Crippen molar-refractivity contribution in [2.45, 2.75) is 38.5 Å². The van der Waals surface area contributed by atoms with Crippen molar-refractivity contribution < 1.29 is 9.59 Å². The van der Waals surface area contributed by atoms with Crippen LogP contribution in [0.2, 0.25) is 0 Å². The Morgan fingerprint density at radius 2 is 1.87 bits per heavy atom. The number of carbonyl (C=O) groups is 2. The minimum atomic E-state index is -0.438. The first-order chi connectivity index (χ1) is 14.7. The molecule has 7 nitrogen and oxygen atoms in total.